The van der Waals surface area contributed by atoms with Crippen molar-refractivity contribution >= 4 is 29.1 Å². The molecule has 1 heterocycles. The molecule has 2 rings (SSSR count). The summed E-state index contributed by atoms with van der Waals surface area (Å²) >= 11 is 6.21. The van der Waals surface area contributed by atoms with E-state index in [9.17, 15) is 4.79 Å². The van der Waals surface area contributed by atoms with Crippen molar-refractivity contribution in [3.63, 3.8) is 0 Å². The Morgan fingerprint density at radius 3 is 3.00 bits per heavy atom. The van der Waals surface area contributed by atoms with Crippen LogP contribution in [0.15, 0.2) is 23.2 Å². The lowest BCUT2D eigenvalue weighted by Crippen LogP contribution is -2.34. The van der Waals surface area contributed by atoms with E-state index in [-0.39, 0.29) is 0 Å². The Hall–Kier alpha value is -1.31. The van der Waals surface area contributed by atoms with Gasteiger partial charge in [0.25, 0.3) is 0 Å². The minimum Gasteiger partial charge on any atom is -0.370 e. The Balaban J connectivity index is 2.23. The van der Waals surface area contributed by atoms with Gasteiger partial charge in [0.2, 0.25) is 6.08 Å². The van der Waals surface area contributed by atoms with Crippen LogP contribution in [0, 0.1) is 5.92 Å². The zero-order valence-electron chi connectivity index (χ0n) is 9.82. The van der Waals surface area contributed by atoms with Crippen LogP contribution in [0.4, 0.5) is 11.4 Å². The normalized spacial score (nSPS) is 19.9. The molecule has 3 nitrogen and oxygen atoms in total. The van der Waals surface area contributed by atoms with Gasteiger partial charge in [-0.25, -0.2) is 4.79 Å². The third kappa shape index (κ3) is 2.87. The molecule has 1 unspecified atom stereocenters. The van der Waals surface area contributed by atoms with Crippen LogP contribution in [0.5, 0.6) is 0 Å². The molecule has 1 saturated heterocycles. The van der Waals surface area contributed by atoms with E-state index in [1.54, 1.807) is 12.1 Å². The molecule has 0 spiro atoms. The van der Waals surface area contributed by atoms with Crippen LogP contribution >= 0.6 is 11.6 Å². The number of nitrogens with zero attached hydrogens (tertiary/aromatic N) is 2. The lowest BCUT2D eigenvalue weighted by atomic mass is 10.00. The van der Waals surface area contributed by atoms with Gasteiger partial charge >= 0.3 is 0 Å². The summed E-state index contributed by atoms with van der Waals surface area (Å²) in [5.74, 6) is 0.701. The zero-order chi connectivity index (χ0) is 12.3. The first-order chi connectivity index (χ1) is 8.20. The van der Waals surface area contributed by atoms with E-state index in [2.05, 4.69) is 16.8 Å². The first kappa shape index (κ1) is 12.2. The number of hydrogen-bond acceptors (Lipinski definition) is 3. The van der Waals surface area contributed by atoms with Gasteiger partial charge in [-0.05, 0) is 37.0 Å². The Kier molecular flexibility index (Phi) is 3.82. The van der Waals surface area contributed by atoms with E-state index in [1.807, 2.05) is 6.07 Å². The average Bonchev–Trinajstić information content (AvgIpc) is 2.29. The van der Waals surface area contributed by atoms with Crippen LogP contribution in [-0.4, -0.2) is 19.2 Å². The van der Waals surface area contributed by atoms with Crippen LogP contribution in [0.25, 0.3) is 0 Å². The highest BCUT2D eigenvalue weighted by atomic mass is 35.5. The Morgan fingerprint density at radius 2 is 2.35 bits per heavy atom. The summed E-state index contributed by atoms with van der Waals surface area (Å²) in [7, 11) is 0. The smallest absolute Gasteiger partial charge is 0.240 e. The van der Waals surface area contributed by atoms with Crippen LogP contribution in [0.2, 0.25) is 5.02 Å². The van der Waals surface area contributed by atoms with Gasteiger partial charge in [-0.3, -0.25) is 0 Å². The number of benzene rings is 1. The largest absolute Gasteiger partial charge is 0.370 e. The van der Waals surface area contributed by atoms with Crippen molar-refractivity contribution < 1.29 is 4.79 Å². The maximum absolute atomic E-state index is 10.2. The van der Waals surface area contributed by atoms with Gasteiger partial charge in [-0.2, -0.15) is 4.99 Å². The van der Waals surface area contributed by atoms with Crippen molar-refractivity contribution in [2.45, 2.75) is 19.8 Å². The number of anilines is 1. The quantitative estimate of drug-likeness (QED) is 0.594. The minimum atomic E-state index is 0.554. The summed E-state index contributed by atoms with van der Waals surface area (Å²) in [6.07, 6.45) is 4.00. The van der Waals surface area contributed by atoms with Gasteiger partial charge in [0, 0.05) is 13.1 Å². The van der Waals surface area contributed by atoms with Gasteiger partial charge < -0.3 is 4.90 Å². The Morgan fingerprint density at radius 1 is 1.53 bits per heavy atom. The van der Waals surface area contributed by atoms with Gasteiger partial charge in [0.1, 0.15) is 0 Å². The molecule has 0 aromatic heterocycles. The van der Waals surface area contributed by atoms with E-state index in [4.69, 9.17) is 11.6 Å². The van der Waals surface area contributed by atoms with E-state index in [0.717, 1.165) is 18.8 Å². The predicted molar refractivity (Wildman–Crippen MR) is 69.8 cm³/mol. The molecule has 90 valence electrons. The van der Waals surface area contributed by atoms with Crippen LogP contribution < -0.4 is 4.90 Å². The second-order valence-corrected chi connectivity index (χ2v) is 4.94. The van der Waals surface area contributed by atoms with Gasteiger partial charge in [-0.15, -0.1) is 0 Å². The number of carbonyl (C=O) groups excluding carboxylic acids is 1. The molecule has 1 aliphatic rings. The second-order valence-electron chi connectivity index (χ2n) is 4.53. The second kappa shape index (κ2) is 5.35. The fourth-order valence-corrected chi connectivity index (χ4v) is 2.58. The molecule has 1 aliphatic heterocycles. The van der Waals surface area contributed by atoms with Crippen LogP contribution in [-0.2, 0) is 4.79 Å². The molecule has 1 aromatic rings. The first-order valence-corrected chi connectivity index (χ1v) is 6.21. The topological polar surface area (TPSA) is 32.7 Å². The molecule has 17 heavy (non-hydrogen) atoms. The number of rotatable bonds is 2. The summed E-state index contributed by atoms with van der Waals surface area (Å²) in [4.78, 5) is 16.0. The molecule has 1 aromatic carbocycles. The summed E-state index contributed by atoms with van der Waals surface area (Å²) in [5, 5.41) is 0.649. The highest BCUT2D eigenvalue weighted by Crippen LogP contribution is 2.32. The number of isocyanates is 1. The van der Waals surface area contributed by atoms with Gasteiger partial charge in [-0.1, -0.05) is 18.5 Å². The molecule has 0 N–H and O–H groups in total. The third-order valence-corrected chi connectivity index (χ3v) is 3.41. The fourth-order valence-electron chi connectivity index (χ4n) is 2.28. The van der Waals surface area contributed by atoms with Crippen LogP contribution in [0.3, 0.4) is 0 Å². The van der Waals surface area contributed by atoms with Gasteiger partial charge in [0.15, 0.2) is 0 Å². The number of hydrogen-bond donors (Lipinski definition) is 0. The molecule has 0 amide bonds. The standard InChI is InChI=1S/C13H15ClN2O/c1-10-3-2-6-16(8-10)13-5-4-11(15-9-17)7-12(13)14/h4-5,7,10H,2-3,6,8H2,1H3. The van der Waals surface area contributed by atoms with Crippen molar-refractivity contribution in [1.82, 2.24) is 0 Å². The minimum absolute atomic E-state index is 0.554. The van der Waals surface area contributed by atoms with E-state index in [0.29, 0.717) is 16.6 Å². The lowest BCUT2D eigenvalue weighted by Gasteiger charge is -2.33. The van der Waals surface area contributed by atoms with E-state index >= 15 is 0 Å². The molecular weight excluding hydrogens is 236 g/mol. The predicted octanol–water partition coefficient (Wildman–Crippen LogP) is 3.54. The van der Waals surface area contributed by atoms with Gasteiger partial charge in [0.05, 0.1) is 16.4 Å². The maximum Gasteiger partial charge on any atom is 0.240 e. The summed E-state index contributed by atoms with van der Waals surface area (Å²) < 4.78 is 0. The molecule has 0 bridgehead atoms. The Labute approximate surface area is 106 Å². The zero-order valence-corrected chi connectivity index (χ0v) is 10.6. The number of aliphatic imine (C=N–C) groups is 1. The fraction of sp³-hybridized carbons (Fsp3) is 0.462. The summed E-state index contributed by atoms with van der Waals surface area (Å²) in [6, 6.07) is 5.43. The molecular formula is C13H15ClN2O. The van der Waals surface area contributed by atoms with E-state index < -0.39 is 0 Å². The lowest BCUT2D eigenvalue weighted by molar-refractivity contribution is 0.447. The average molecular weight is 251 g/mol. The van der Waals surface area contributed by atoms with Crippen molar-refractivity contribution in [2.75, 3.05) is 18.0 Å². The molecule has 1 fully saturated rings. The Bertz CT molecular complexity index is 455. The van der Waals surface area contributed by atoms with Crippen molar-refractivity contribution in [2.24, 2.45) is 10.9 Å². The highest BCUT2D eigenvalue weighted by molar-refractivity contribution is 6.33. The molecule has 4 heteroatoms. The third-order valence-electron chi connectivity index (χ3n) is 3.10. The van der Waals surface area contributed by atoms with Crippen molar-refractivity contribution in [3.05, 3.63) is 23.2 Å². The van der Waals surface area contributed by atoms with Crippen LogP contribution in [0.1, 0.15) is 19.8 Å². The molecule has 0 saturated carbocycles. The highest BCUT2D eigenvalue weighted by Gasteiger charge is 2.18. The number of halogens is 1. The SMILES string of the molecule is CC1CCCN(c2ccc(N=C=O)cc2Cl)C1. The summed E-state index contributed by atoms with van der Waals surface area (Å²) in [5.41, 5.74) is 1.59. The molecule has 0 aliphatic carbocycles. The van der Waals surface area contributed by atoms with E-state index in [1.165, 1.54) is 18.9 Å². The van der Waals surface area contributed by atoms with Crippen molar-refractivity contribution in [3.8, 4) is 0 Å². The molecule has 1 atom stereocenters. The summed E-state index contributed by atoms with van der Waals surface area (Å²) in [6.45, 7) is 4.33. The maximum atomic E-state index is 10.2. The molecule has 0 radical (unpaired) electrons. The first-order valence-electron chi connectivity index (χ1n) is 5.83. The monoisotopic (exact) mass is 250 g/mol. The van der Waals surface area contributed by atoms with Crippen molar-refractivity contribution in [1.29, 1.82) is 0 Å². The number of piperidine rings is 1.